The van der Waals surface area contributed by atoms with E-state index < -0.39 is 23.9 Å². The van der Waals surface area contributed by atoms with E-state index in [2.05, 4.69) is 0 Å². The molecule has 0 aromatic rings. The van der Waals surface area contributed by atoms with Crippen LogP contribution in [0.4, 0.5) is 8.78 Å². The predicted octanol–water partition coefficient (Wildman–Crippen LogP) is 2.01. The summed E-state index contributed by atoms with van der Waals surface area (Å²) in [5.74, 6) is -0.962. The van der Waals surface area contributed by atoms with Crippen molar-refractivity contribution in [1.82, 2.24) is 0 Å². The van der Waals surface area contributed by atoms with Crippen molar-refractivity contribution in [2.45, 2.75) is 26.4 Å². The van der Waals surface area contributed by atoms with E-state index in [0.717, 1.165) is 0 Å². The van der Waals surface area contributed by atoms with Crippen molar-refractivity contribution in [2.75, 3.05) is 6.61 Å². The number of nitrogens with zero attached hydrogens (tertiary/aromatic N) is 1. The van der Waals surface area contributed by atoms with Crippen LogP contribution in [0.2, 0.25) is 0 Å². The van der Waals surface area contributed by atoms with E-state index in [-0.39, 0.29) is 6.61 Å². The van der Waals surface area contributed by atoms with Crippen LogP contribution >= 0.6 is 0 Å². The molecule has 0 aromatic heterocycles. The van der Waals surface area contributed by atoms with Crippen molar-refractivity contribution in [3.63, 3.8) is 0 Å². The van der Waals surface area contributed by atoms with Gasteiger partial charge in [0.25, 0.3) is 6.43 Å². The van der Waals surface area contributed by atoms with Crippen LogP contribution in [0.15, 0.2) is 11.3 Å². The molecule has 0 aromatic carbocycles. The molecule has 5 heteroatoms. The molecule has 0 heterocycles. The Morgan fingerprint density at radius 2 is 2.15 bits per heavy atom. The molecular formula is C8H11F2NO2. The first-order valence-electron chi connectivity index (χ1n) is 3.77. The summed E-state index contributed by atoms with van der Waals surface area (Å²) in [6.45, 7) is 3.25. The maximum atomic E-state index is 12.3. The van der Waals surface area contributed by atoms with Crippen LogP contribution in [0, 0.1) is 11.3 Å². The molecule has 0 saturated heterocycles. The van der Waals surface area contributed by atoms with Crippen LogP contribution in [-0.2, 0) is 4.74 Å². The standard InChI is InChI=1S/C8H11F2NO2/c1-3-13-5(2)7(8(9)10)6(12)4-11/h5,8,12H,3H2,1-2H3/b7-6+. The summed E-state index contributed by atoms with van der Waals surface area (Å²) in [5.41, 5.74) is -0.663. The number of allylic oxidation sites excluding steroid dienone is 1. The van der Waals surface area contributed by atoms with Gasteiger partial charge in [-0.05, 0) is 13.8 Å². The highest BCUT2D eigenvalue weighted by molar-refractivity contribution is 5.25. The van der Waals surface area contributed by atoms with Crippen molar-refractivity contribution in [2.24, 2.45) is 0 Å². The van der Waals surface area contributed by atoms with Gasteiger partial charge in [-0.3, -0.25) is 0 Å². The van der Waals surface area contributed by atoms with Crippen LogP contribution in [0.25, 0.3) is 0 Å². The number of aliphatic hydroxyl groups is 1. The summed E-state index contributed by atoms with van der Waals surface area (Å²) in [6.07, 6.45) is -3.81. The van der Waals surface area contributed by atoms with Crippen molar-refractivity contribution < 1.29 is 18.6 Å². The first kappa shape index (κ1) is 11.8. The summed E-state index contributed by atoms with van der Waals surface area (Å²) < 4.78 is 29.4. The third-order valence-electron chi connectivity index (χ3n) is 1.47. The van der Waals surface area contributed by atoms with Gasteiger partial charge < -0.3 is 9.84 Å². The molecule has 0 radical (unpaired) electrons. The molecule has 0 bridgehead atoms. The molecule has 1 unspecified atom stereocenters. The number of hydrogen-bond acceptors (Lipinski definition) is 3. The molecule has 13 heavy (non-hydrogen) atoms. The van der Waals surface area contributed by atoms with Gasteiger partial charge in [0.2, 0.25) is 5.76 Å². The number of halogens is 2. The fourth-order valence-electron chi connectivity index (χ4n) is 0.878. The van der Waals surface area contributed by atoms with Gasteiger partial charge in [-0.25, -0.2) is 8.78 Å². The number of rotatable bonds is 4. The van der Waals surface area contributed by atoms with Gasteiger partial charge >= 0.3 is 0 Å². The zero-order valence-electron chi connectivity index (χ0n) is 7.42. The smallest absolute Gasteiger partial charge is 0.266 e. The topological polar surface area (TPSA) is 53.2 Å². The van der Waals surface area contributed by atoms with E-state index in [1.54, 1.807) is 6.92 Å². The van der Waals surface area contributed by atoms with Crippen LogP contribution in [0.5, 0.6) is 0 Å². The van der Waals surface area contributed by atoms with Gasteiger partial charge in [-0.1, -0.05) is 0 Å². The lowest BCUT2D eigenvalue weighted by Crippen LogP contribution is -2.19. The van der Waals surface area contributed by atoms with Crippen molar-refractivity contribution in [3.05, 3.63) is 11.3 Å². The molecule has 0 spiro atoms. The van der Waals surface area contributed by atoms with Crippen LogP contribution in [-0.4, -0.2) is 24.2 Å². The minimum absolute atomic E-state index is 0.246. The SMILES string of the molecule is CCOC(C)/C(=C(\O)C#N)C(F)F. The van der Waals surface area contributed by atoms with Gasteiger partial charge in [0.05, 0.1) is 11.7 Å². The fraction of sp³-hybridized carbons (Fsp3) is 0.625. The Kier molecular flexibility index (Phi) is 5.00. The lowest BCUT2D eigenvalue weighted by molar-refractivity contribution is 0.0651. The van der Waals surface area contributed by atoms with Crippen molar-refractivity contribution in [3.8, 4) is 6.07 Å². The monoisotopic (exact) mass is 191 g/mol. The molecule has 0 fully saturated rings. The van der Waals surface area contributed by atoms with Crippen molar-refractivity contribution >= 4 is 0 Å². The van der Waals surface area contributed by atoms with E-state index in [4.69, 9.17) is 15.1 Å². The summed E-state index contributed by atoms with van der Waals surface area (Å²) in [4.78, 5) is 0. The van der Waals surface area contributed by atoms with E-state index in [0.29, 0.717) is 0 Å². The molecular weight excluding hydrogens is 180 g/mol. The second-order valence-electron chi connectivity index (χ2n) is 2.31. The molecule has 0 aliphatic rings. The third kappa shape index (κ3) is 3.38. The maximum Gasteiger partial charge on any atom is 0.266 e. The highest BCUT2D eigenvalue weighted by Crippen LogP contribution is 2.18. The molecule has 0 amide bonds. The number of ether oxygens (including phenoxy) is 1. The highest BCUT2D eigenvalue weighted by Gasteiger charge is 2.23. The number of alkyl halides is 2. The third-order valence-corrected chi connectivity index (χ3v) is 1.47. The van der Waals surface area contributed by atoms with Crippen LogP contribution < -0.4 is 0 Å². The highest BCUT2D eigenvalue weighted by atomic mass is 19.3. The van der Waals surface area contributed by atoms with Gasteiger partial charge in [0, 0.05) is 6.61 Å². The number of nitriles is 1. The maximum absolute atomic E-state index is 12.3. The average Bonchev–Trinajstić information content (AvgIpc) is 2.04. The summed E-state index contributed by atoms with van der Waals surface area (Å²) in [7, 11) is 0. The predicted molar refractivity (Wildman–Crippen MR) is 42.4 cm³/mol. The molecule has 0 rings (SSSR count). The quantitative estimate of drug-likeness (QED) is 0.420. The summed E-state index contributed by atoms with van der Waals surface area (Å²) in [5, 5.41) is 17.1. The Bertz CT molecular complexity index is 233. The number of aliphatic hydroxyl groups excluding tert-OH is 1. The van der Waals surface area contributed by atoms with E-state index >= 15 is 0 Å². The lowest BCUT2D eigenvalue weighted by Gasteiger charge is -2.14. The van der Waals surface area contributed by atoms with E-state index in [9.17, 15) is 8.78 Å². The summed E-state index contributed by atoms with van der Waals surface area (Å²) in [6, 6.07) is 1.26. The van der Waals surface area contributed by atoms with Gasteiger partial charge in [0.15, 0.2) is 0 Å². The van der Waals surface area contributed by atoms with Crippen molar-refractivity contribution in [1.29, 1.82) is 5.26 Å². The minimum atomic E-state index is -2.87. The Morgan fingerprint density at radius 1 is 1.62 bits per heavy atom. The molecule has 1 N–H and O–H groups in total. The molecule has 0 aliphatic heterocycles. The molecule has 74 valence electrons. The second kappa shape index (κ2) is 5.49. The Balaban J connectivity index is 4.73. The summed E-state index contributed by atoms with van der Waals surface area (Å²) >= 11 is 0. The average molecular weight is 191 g/mol. The number of hydrogen-bond donors (Lipinski definition) is 1. The zero-order valence-corrected chi connectivity index (χ0v) is 7.42. The minimum Gasteiger partial charge on any atom is -0.499 e. The normalized spacial score (nSPS) is 15.1. The zero-order chi connectivity index (χ0) is 10.4. The lowest BCUT2D eigenvalue weighted by atomic mass is 10.1. The second-order valence-corrected chi connectivity index (χ2v) is 2.31. The molecule has 1 atom stereocenters. The van der Waals surface area contributed by atoms with E-state index in [1.165, 1.54) is 13.0 Å². The van der Waals surface area contributed by atoms with Gasteiger partial charge in [-0.2, -0.15) is 5.26 Å². The fourth-order valence-corrected chi connectivity index (χ4v) is 0.878. The first-order chi connectivity index (χ1) is 6.04. The molecule has 0 aliphatic carbocycles. The van der Waals surface area contributed by atoms with Crippen LogP contribution in [0.1, 0.15) is 13.8 Å². The van der Waals surface area contributed by atoms with E-state index in [1.807, 2.05) is 0 Å². The molecule has 3 nitrogen and oxygen atoms in total. The van der Waals surface area contributed by atoms with Crippen LogP contribution in [0.3, 0.4) is 0 Å². The largest absolute Gasteiger partial charge is 0.499 e. The van der Waals surface area contributed by atoms with Gasteiger partial charge in [0.1, 0.15) is 6.07 Å². The Morgan fingerprint density at radius 3 is 2.46 bits per heavy atom. The Labute approximate surface area is 75.2 Å². The molecule has 0 saturated carbocycles. The Hall–Kier alpha value is -1.15. The first-order valence-corrected chi connectivity index (χ1v) is 3.77. The van der Waals surface area contributed by atoms with Gasteiger partial charge in [-0.15, -0.1) is 0 Å².